The van der Waals surface area contributed by atoms with Crippen molar-refractivity contribution in [3.63, 3.8) is 0 Å². The molecule has 0 aliphatic heterocycles. The number of aryl methyl sites for hydroxylation is 1. The van der Waals surface area contributed by atoms with Crippen LogP contribution in [0.4, 0.5) is 11.8 Å². The number of carbonyl (C=O) groups is 1. The number of nitrogens with one attached hydrogen (secondary N) is 2. The van der Waals surface area contributed by atoms with Crippen molar-refractivity contribution in [2.75, 3.05) is 30.9 Å². The summed E-state index contributed by atoms with van der Waals surface area (Å²) in [6, 6.07) is 11.8. The Hall–Kier alpha value is -2.63. The van der Waals surface area contributed by atoms with Crippen LogP contribution >= 0.6 is 0 Å². The van der Waals surface area contributed by atoms with Gasteiger partial charge in [0, 0.05) is 44.0 Å². The number of hydrogen-bond acceptors (Lipinski definition) is 5. The molecule has 0 radical (unpaired) electrons. The average Bonchev–Trinajstić information content (AvgIpc) is 2.67. The van der Waals surface area contributed by atoms with Gasteiger partial charge in [-0.15, -0.1) is 0 Å². The van der Waals surface area contributed by atoms with Crippen molar-refractivity contribution in [3.05, 3.63) is 47.7 Å². The summed E-state index contributed by atoms with van der Waals surface area (Å²) in [5.41, 5.74) is 1.69. The van der Waals surface area contributed by atoms with Gasteiger partial charge in [0.25, 0.3) is 5.91 Å². The van der Waals surface area contributed by atoms with E-state index < -0.39 is 0 Å². The highest BCUT2D eigenvalue weighted by molar-refractivity contribution is 5.94. The monoisotopic (exact) mass is 367 g/mol. The first-order valence-corrected chi connectivity index (χ1v) is 9.64. The largest absolute Gasteiger partial charge is 0.363 e. The molecule has 1 amide bonds. The fourth-order valence-corrected chi connectivity index (χ4v) is 3.47. The Bertz CT molecular complexity index is 754. The van der Waals surface area contributed by atoms with E-state index in [9.17, 15) is 4.79 Å². The standard InChI is InChI=1S/C21H29N5O/c1-15-13-19(26(2)3)25-21(23-15)24-18-11-9-16(10-12-18)14-22-20(27)17-7-5-4-6-8-17/h4-8,13,16,18H,9-12,14H2,1-3H3,(H,22,27)(H,23,24,25). The Morgan fingerprint density at radius 1 is 1.11 bits per heavy atom. The number of benzene rings is 1. The second-order valence-corrected chi connectivity index (χ2v) is 7.52. The molecule has 0 unspecified atom stereocenters. The van der Waals surface area contributed by atoms with Gasteiger partial charge in [-0.1, -0.05) is 18.2 Å². The number of amides is 1. The third-order valence-electron chi connectivity index (χ3n) is 5.07. The number of rotatable bonds is 6. The molecule has 6 nitrogen and oxygen atoms in total. The van der Waals surface area contributed by atoms with Crippen LogP contribution in [0, 0.1) is 12.8 Å². The predicted molar refractivity (Wildman–Crippen MR) is 109 cm³/mol. The van der Waals surface area contributed by atoms with Gasteiger partial charge in [-0.25, -0.2) is 4.98 Å². The summed E-state index contributed by atoms with van der Waals surface area (Å²) in [6.07, 6.45) is 4.33. The van der Waals surface area contributed by atoms with Crippen molar-refractivity contribution in [1.82, 2.24) is 15.3 Å². The molecule has 144 valence electrons. The Balaban J connectivity index is 1.46. The lowest BCUT2D eigenvalue weighted by Crippen LogP contribution is -2.34. The maximum Gasteiger partial charge on any atom is 0.251 e. The average molecular weight is 367 g/mol. The van der Waals surface area contributed by atoms with Crippen LogP contribution in [0.1, 0.15) is 41.7 Å². The molecule has 0 atom stereocenters. The van der Waals surface area contributed by atoms with Gasteiger partial charge in [-0.05, 0) is 50.7 Å². The molecular weight excluding hydrogens is 338 g/mol. The molecule has 1 heterocycles. The first kappa shape index (κ1) is 19.1. The molecule has 2 aromatic rings. The van der Waals surface area contributed by atoms with Crippen molar-refractivity contribution in [1.29, 1.82) is 0 Å². The number of carbonyl (C=O) groups excluding carboxylic acids is 1. The summed E-state index contributed by atoms with van der Waals surface area (Å²) in [5, 5.41) is 6.56. The minimum Gasteiger partial charge on any atom is -0.363 e. The fraction of sp³-hybridized carbons (Fsp3) is 0.476. The number of nitrogens with zero attached hydrogens (tertiary/aromatic N) is 3. The Kier molecular flexibility index (Phi) is 6.27. The van der Waals surface area contributed by atoms with Gasteiger partial charge in [-0.3, -0.25) is 4.79 Å². The van der Waals surface area contributed by atoms with Gasteiger partial charge in [0.05, 0.1) is 0 Å². The first-order valence-electron chi connectivity index (χ1n) is 9.64. The van der Waals surface area contributed by atoms with Crippen molar-refractivity contribution in [2.24, 2.45) is 5.92 Å². The van der Waals surface area contributed by atoms with E-state index in [1.165, 1.54) is 0 Å². The van der Waals surface area contributed by atoms with E-state index >= 15 is 0 Å². The normalized spacial score (nSPS) is 19.4. The third kappa shape index (κ3) is 5.42. The van der Waals surface area contributed by atoms with Crippen molar-refractivity contribution in [2.45, 2.75) is 38.6 Å². The van der Waals surface area contributed by atoms with E-state index in [1.54, 1.807) is 0 Å². The molecule has 0 spiro atoms. The highest BCUT2D eigenvalue weighted by atomic mass is 16.1. The van der Waals surface area contributed by atoms with Crippen molar-refractivity contribution < 1.29 is 4.79 Å². The molecular formula is C21H29N5O. The summed E-state index contributed by atoms with van der Waals surface area (Å²) in [7, 11) is 3.97. The second kappa shape index (κ2) is 8.84. The summed E-state index contributed by atoms with van der Waals surface area (Å²) >= 11 is 0. The van der Waals surface area contributed by atoms with Crippen molar-refractivity contribution in [3.8, 4) is 0 Å². The van der Waals surface area contributed by atoms with E-state index in [2.05, 4.69) is 20.6 Å². The molecule has 3 rings (SSSR count). The van der Waals surface area contributed by atoms with E-state index in [0.29, 0.717) is 17.9 Å². The van der Waals surface area contributed by atoms with Crippen molar-refractivity contribution >= 4 is 17.7 Å². The molecule has 2 N–H and O–H groups in total. The first-order chi connectivity index (χ1) is 13.0. The molecule has 0 bridgehead atoms. The van der Waals surface area contributed by atoms with Gasteiger partial charge >= 0.3 is 0 Å². The lowest BCUT2D eigenvalue weighted by molar-refractivity contribution is 0.0943. The van der Waals surface area contributed by atoms with Crippen LogP contribution in [0.5, 0.6) is 0 Å². The summed E-state index contributed by atoms with van der Waals surface area (Å²) in [6.45, 7) is 2.73. The maximum absolute atomic E-state index is 12.2. The SMILES string of the molecule is Cc1cc(N(C)C)nc(NC2CCC(CNC(=O)c3ccccc3)CC2)n1. The van der Waals surface area contributed by atoms with Gasteiger partial charge in [0.15, 0.2) is 0 Å². The van der Waals surface area contributed by atoms with E-state index in [0.717, 1.165) is 49.3 Å². The Morgan fingerprint density at radius 3 is 2.48 bits per heavy atom. The summed E-state index contributed by atoms with van der Waals surface area (Å²) in [5.74, 6) is 2.17. The van der Waals surface area contributed by atoms with Gasteiger partial charge in [0.1, 0.15) is 5.82 Å². The Morgan fingerprint density at radius 2 is 1.81 bits per heavy atom. The van der Waals surface area contributed by atoms with Crippen LogP contribution in [-0.4, -0.2) is 42.6 Å². The molecule has 1 aromatic carbocycles. The lowest BCUT2D eigenvalue weighted by Gasteiger charge is -2.29. The quantitative estimate of drug-likeness (QED) is 0.820. The van der Waals surface area contributed by atoms with E-state index in [1.807, 2.05) is 62.3 Å². The van der Waals surface area contributed by atoms with Crippen LogP contribution in [0.2, 0.25) is 0 Å². The third-order valence-corrected chi connectivity index (χ3v) is 5.07. The van der Waals surface area contributed by atoms with Crippen LogP contribution in [0.15, 0.2) is 36.4 Å². The topological polar surface area (TPSA) is 70.2 Å². The molecule has 1 fully saturated rings. The number of anilines is 2. The smallest absolute Gasteiger partial charge is 0.251 e. The second-order valence-electron chi connectivity index (χ2n) is 7.52. The van der Waals surface area contributed by atoms with Gasteiger partial charge in [-0.2, -0.15) is 4.98 Å². The molecule has 1 aromatic heterocycles. The number of aromatic nitrogens is 2. The van der Waals surface area contributed by atoms with Gasteiger partial charge in [0.2, 0.25) is 5.95 Å². The molecule has 1 aliphatic carbocycles. The van der Waals surface area contributed by atoms with Crippen LogP contribution in [-0.2, 0) is 0 Å². The molecule has 27 heavy (non-hydrogen) atoms. The van der Waals surface area contributed by atoms with Crippen LogP contribution in [0.25, 0.3) is 0 Å². The van der Waals surface area contributed by atoms with Crippen LogP contribution in [0.3, 0.4) is 0 Å². The molecule has 1 saturated carbocycles. The van der Waals surface area contributed by atoms with E-state index in [4.69, 9.17) is 0 Å². The molecule has 1 aliphatic rings. The Labute approximate surface area is 161 Å². The summed E-state index contributed by atoms with van der Waals surface area (Å²) in [4.78, 5) is 23.3. The maximum atomic E-state index is 12.2. The molecule has 0 saturated heterocycles. The minimum atomic E-state index is 0.0141. The van der Waals surface area contributed by atoms with Gasteiger partial charge < -0.3 is 15.5 Å². The van der Waals surface area contributed by atoms with Crippen LogP contribution < -0.4 is 15.5 Å². The fourth-order valence-electron chi connectivity index (χ4n) is 3.47. The lowest BCUT2D eigenvalue weighted by atomic mass is 9.86. The number of hydrogen-bond donors (Lipinski definition) is 2. The zero-order chi connectivity index (χ0) is 19.2. The highest BCUT2D eigenvalue weighted by Gasteiger charge is 2.22. The minimum absolute atomic E-state index is 0.0141. The summed E-state index contributed by atoms with van der Waals surface area (Å²) < 4.78 is 0. The molecule has 6 heteroatoms. The van der Waals surface area contributed by atoms with E-state index in [-0.39, 0.29) is 5.91 Å². The predicted octanol–water partition coefficient (Wildman–Crippen LogP) is 3.25. The highest BCUT2D eigenvalue weighted by Crippen LogP contribution is 2.26. The zero-order valence-corrected chi connectivity index (χ0v) is 16.4. The zero-order valence-electron chi connectivity index (χ0n) is 16.4.